The predicted molar refractivity (Wildman–Crippen MR) is 98.0 cm³/mol. The molecule has 0 heterocycles. The highest BCUT2D eigenvalue weighted by Crippen LogP contribution is 2.28. The van der Waals surface area contributed by atoms with Gasteiger partial charge in [0.15, 0.2) is 0 Å². The van der Waals surface area contributed by atoms with Gasteiger partial charge in [0.1, 0.15) is 6.61 Å². The molecule has 0 radical (unpaired) electrons. The molecule has 7 heteroatoms. The number of rotatable bonds is 6. The average Bonchev–Trinajstić information content (AvgIpc) is 2.60. The van der Waals surface area contributed by atoms with Crippen molar-refractivity contribution < 1.29 is 14.5 Å². The third-order valence-corrected chi connectivity index (χ3v) is 4.45. The second-order valence-electron chi connectivity index (χ2n) is 6.47. The molecule has 1 fully saturated rings. The molecule has 0 aromatic heterocycles. The Morgan fingerprint density at radius 2 is 1.92 bits per heavy atom. The van der Waals surface area contributed by atoms with Crippen molar-refractivity contribution in [3.8, 4) is 0 Å². The maximum absolute atomic E-state index is 11.8. The van der Waals surface area contributed by atoms with E-state index in [1.807, 2.05) is 37.3 Å². The normalized spacial score (nSPS) is 18.5. The molecular weight excluding hydrogens is 334 g/mol. The quantitative estimate of drug-likeness (QED) is 0.608. The zero-order valence-corrected chi connectivity index (χ0v) is 14.5. The number of benzene rings is 2. The predicted octanol–water partition coefficient (Wildman–Crippen LogP) is 3.77. The molecule has 26 heavy (non-hydrogen) atoms. The number of hydrogen-bond acceptors (Lipinski definition) is 5. The van der Waals surface area contributed by atoms with E-state index < -0.39 is 11.0 Å². The Balaban J connectivity index is 1.40. The Bertz CT molecular complexity index is 789. The summed E-state index contributed by atoms with van der Waals surface area (Å²) in [6.07, 6.45) is 1.16. The van der Waals surface area contributed by atoms with Crippen molar-refractivity contribution in [2.45, 2.75) is 38.5 Å². The van der Waals surface area contributed by atoms with Gasteiger partial charge in [-0.1, -0.05) is 30.3 Å². The van der Waals surface area contributed by atoms with E-state index in [1.165, 1.54) is 6.07 Å². The number of nitro benzene ring substituents is 1. The number of alkyl carbamates (subject to hydrolysis) is 1. The maximum atomic E-state index is 11.8. The Morgan fingerprint density at radius 3 is 2.58 bits per heavy atom. The third-order valence-electron chi connectivity index (χ3n) is 4.45. The molecule has 0 bridgehead atoms. The van der Waals surface area contributed by atoms with Gasteiger partial charge in [-0.2, -0.15) is 0 Å². The molecule has 0 atom stereocenters. The number of non-ortho nitro benzene ring substituents is 1. The number of carbonyl (C=O) groups is 1. The zero-order chi connectivity index (χ0) is 18.5. The minimum Gasteiger partial charge on any atom is -0.445 e. The number of nitro groups is 1. The van der Waals surface area contributed by atoms with Gasteiger partial charge < -0.3 is 15.4 Å². The van der Waals surface area contributed by atoms with Crippen LogP contribution in [0.1, 0.15) is 24.0 Å². The van der Waals surface area contributed by atoms with Gasteiger partial charge >= 0.3 is 6.09 Å². The molecule has 136 valence electrons. The maximum Gasteiger partial charge on any atom is 0.407 e. The summed E-state index contributed by atoms with van der Waals surface area (Å²) in [5.74, 6) is 0. The molecule has 2 aromatic rings. The van der Waals surface area contributed by atoms with E-state index in [2.05, 4.69) is 10.6 Å². The van der Waals surface area contributed by atoms with E-state index in [-0.39, 0.29) is 24.4 Å². The van der Waals surface area contributed by atoms with Gasteiger partial charge in [0.2, 0.25) is 0 Å². The molecule has 0 unspecified atom stereocenters. The van der Waals surface area contributed by atoms with E-state index in [1.54, 1.807) is 12.1 Å². The molecule has 2 N–H and O–H groups in total. The SMILES string of the molecule is Cc1cc([N+](=O)[O-])ccc1NC1CC(NC(=O)OCc2ccccc2)C1. The first-order valence-electron chi connectivity index (χ1n) is 8.50. The minimum atomic E-state index is -0.413. The Kier molecular flexibility index (Phi) is 5.36. The standard InChI is InChI=1S/C19H21N3O4/c1-13-9-17(22(24)25)7-8-18(13)20-15-10-16(11-15)21-19(23)26-12-14-5-3-2-4-6-14/h2-9,15-16,20H,10-12H2,1H3,(H,21,23). The number of aryl methyl sites for hydroxylation is 1. The van der Waals surface area contributed by atoms with Crippen LogP contribution in [0.5, 0.6) is 0 Å². The first kappa shape index (κ1) is 17.7. The third kappa shape index (κ3) is 4.50. The van der Waals surface area contributed by atoms with E-state index in [9.17, 15) is 14.9 Å². The largest absolute Gasteiger partial charge is 0.445 e. The van der Waals surface area contributed by atoms with Crippen molar-refractivity contribution in [3.63, 3.8) is 0 Å². The molecule has 0 saturated heterocycles. The zero-order valence-electron chi connectivity index (χ0n) is 14.5. The number of anilines is 1. The van der Waals surface area contributed by atoms with Gasteiger partial charge in [0.25, 0.3) is 5.69 Å². The lowest BCUT2D eigenvalue weighted by Crippen LogP contribution is -2.49. The van der Waals surface area contributed by atoms with Crippen LogP contribution < -0.4 is 10.6 Å². The highest BCUT2D eigenvalue weighted by molar-refractivity contribution is 5.68. The van der Waals surface area contributed by atoms with Crippen molar-refractivity contribution in [2.24, 2.45) is 0 Å². The number of nitrogens with zero attached hydrogens (tertiary/aromatic N) is 1. The van der Waals surface area contributed by atoms with Crippen molar-refractivity contribution in [2.75, 3.05) is 5.32 Å². The average molecular weight is 355 g/mol. The van der Waals surface area contributed by atoms with Gasteiger partial charge in [0, 0.05) is 29.9 Å². The Morgan fingerprint density at radius 1 is 1.19 bits per heavy atom. The van der Waals surface area contributed by atoms with Crippen LogP contribution in [0.25, 0.3) is 0 Å². The van der Waals surface area contributed by atoms with Crippen LogP contribution in [-0.2, 0) is 11.3 Å². The lowest BCUT2D eigenvalue weighted by molar-refractivity contribution is -0.384. The number of carbonyl (C=O) groups excluding carboxylic acids is 1. The number of ether oxygens (including phenoxy) is 1. The van der Waals surface area contributed by atoms with Crippen LogP contribution in [0.2, 0.25) is 0 Å². The van der Waals surface area contributed by atoms with Gasteiger partial charge in [0.05, 0.1) is 4.92 Å². The lowest BCUT2D eigenvalue weighted by atomic mass is 9.86. The van der Waals surface area contributed by atoms with E-state index in [0.29, 0.717) is 0 Å². The van der Waals surface area contributed by atoms with Crippen molar-refractivity contribution in [3.05, 3.63) is 69.8 Å². The topological polar surface area (TPSA) is 93.5 Å². The van der Waals surface area contributed by atoms with Gasteiger partial charge in [-0.15, -0.1) is 0 Å². The van der Waals surface area contributed by atoms with Crippen LogP contribution in [0.3, 0.4) is 0 Å². The van der Waals surface area contributed by atoms with Crippen LogP contribution in [0.15, 0.2) is 48.5 Å². The fourth-order valence-electron chi connectivity index (χ4n) is 2.93. The molecular formula is C19H21N3O4. The van der Waals surface area contributed by atoms with E-state index in [0.717, 1.165) is 29.7 Å². The molecule has 1 aliphatic carbocycles. The molecule has 2 aromatic carbocycles. The first-order valence-corrected chi connectivity index (χ1v) is 8.50. The van der Waals surface area contributed by atoms with Gasteiger partial charge in [-0.25, -0.2) is 4.79 Å². The highest BCUT2D eigenvalue weighted by Gasteiger charge is 2.31. The summed E-state index contributed by atoms with van der Waals surface area (Å²) in [5, 5.41) is 17.0. The number of amides is 1. The van der Waals surface area contributed by atoms with Crippen LogP contribution in [0, 0.1) is 17.0 Å². The fourth-order valence-corrected chi connectivity index (χ4v) is 2.93. The van der Waals surface area contributed by atoms with Gasteiger partial charge in [-0.05, 0) is 37.0 Å². The summed E-state index contributed by atoms with van der Waals surface area (Å²) in [7, 11) is 0. The molecule has 7 nitrogen and oxygen atoms in total. The molecule has 3 rings (SSSR count). The Hall–Kier alpha value is -3.09. The summed E-state index contributed by atoms with van der Waals surface area (Å²) in [6, 6.07) is 14.6. The van der Waals surface area contributed by atoms with Crippen molar-refractivity contribution in [1.29, 1.82) is 0 Å². The Labute approximate surface area is 151 Å². The molecule has 1 saturated carbocycles. The monoisotopic (exact) mass is 355 g/mol. The minimum absolute atomic E-state index is 0.0779. The van der Waals surface area contributed by atoms with E-state index in [4.69, 9.17) is 4.74 Å². The summed E-state index contributed by atoms with van der Waals surface area (Å²) in [5.41, 5.74) is 2.75. The smallest absolute Gasteiger partial charge is 0.407 e. The number of nitrogens with one attached hydrogen (secondary N) is 2. The summed E-state index contributed by atoms with van der Waals surface area (Å²) in [6.45, 7) is 2.09. The van der Waals surface area contributed by atoms with Crippen molar-refractivity contribution >= 4 is 17.5 Å². The molecule has 1 aliphatic rings. The van der Waals surface area contributed by atoms with Crippen molar-refractivity contribution in [1.82, 2.24) is 5.32 Å². The molecule has 1 amide bonds. The summed E-state index contributed by atoms with van der Waals surface area (Å²) < 4.78 is 5.21. The molecule has 0 aliphatic heterocycles. The van der Waals surface area contributed by atoms with E-state index >= 15 is 0 Å². The van der Waals surface area contributed by atoms with Crippen LogP contribution in [-0.4, -0.2) is 23.1 Å². The second-order valence-corrected chi connectivity index (χ2v) is 6.47. The van der Waals surface area contributed by atoms with Crippen LogP contribution in [0.4, 0.5) is 16.2 Å². The summed E-state index contributed by atoms with van der Waals surface area (Å²) >= 11 is 0. The fraction of sp³-hybridized carbons (Fsp3) is 0.316. The highest BCUT2D eigenvalue weighted by atomic mass is 16.6. The summed E-state index contributed by atoms with van der Waals surface area (Å²) in [4.78, 5) is 22.2. The first-order chi connectivity index (χ1) is 12.5. The van der Waals surface area contributed by atoms with Crippen LogP contribution >= 0.6 is 0 Å². The van der Waals surface area contributed by atoms with Gasteiger partial charge in [-0.3, -0.25) is 10.1 Å². The number of hydrogen-bond donors (Lipinski definition) is 2. The lowest BCUT2D eigenvalue weighted by Gasteiger charge is -2.36. The second kappa shape index (κ2) is 7.86. The molecule has 0 spiro atoms.